The molecular weight excluding hydrogens is 288 g/mol. The number of carbonyl (C=O) groups is 1. The number of nitrogens with one attached hydrogen (secondary N) is 1. The van der Waals surface area contributed by atoms with Crippen molar-refractivity contribution in [2.75, 3.05) is 14.2 Å². The number of fused-ring (bicyclic) bond motifs is 1. The summed E-state index contributed by atoms with van der Waals surface area (Å²) >= 11 is 0. The summed E-state index contributed by atoms with van der Waals surface area (Å²) in [6.07, 6.45) is 0.741. The van der Waals surface area contributed by atoms with Crippen molar-refractivity contribution < 1.29 is 9.53 Å². The standard InChI is InChI=1S/C19H22N2O2/c1-21(13-16-9-5-6-10-18(16)23-2)19(22)17-11-14-7-3-4-8-15(14)12-20-17/h3-10,17,20H,11-13H2,1-2H3. The highest BCUT2D eigenvalue weighted by Crippen LogP contribution is 2.21. The molecule has 1 N–H and O–H groups in total. The minimum atomic E-state index is -0.162. The molecule has 2 aromatic rings. The van der Waals surface area contributed by atoms with Gasteiger partial charge in [-0.2, -0.15) is 0 Å². The van der Waals surface area contributed by atoms with Gasteiger partial charge in [0, 0.05) is 25.7 Å². The minimum Gasteiger partial charge on any atom is -0.496 e. The fourth-order valence-corrected chi connectivity index (χ4v) is 3.06. The molecule has 1 heterocycles. The average molecular weight is 310 g/mol. The Bertz CT molecular complexity index is 699. The number of hydrogen-bond acceptors (Lipinski definition) is 3. The highest BCUT2D eigenvalue weighted by molar-refractivity contribution is 5.82. The summed E-state index contributed by atoms with van der Waals surface area (Å²) in [5.41, 5.74) is 3.56. The highest BCUT2D eigenvalue weighted by Gasteiger charge is 2.26. The zero-order valence-electron chi connectivity index (χ0n) is 13.6. The molecule has 1 aliphatic heterocycles. The van der Waals surface area contributed by atoms with Crippen molar-refractivity contribution >= 4 is 5.91 Å². The summed E-state index contributed by atoms with van der Waals surface area (Å²) in [4.78, 5) is 14.5. The van der Waals surface area contributed by atoms with Crippen LogP contribution in [0.3, 0.4) is 0 Å². The summed E-state index contributed by atoms with van der Waals surface area (Å²) in [6.45, 7) is 1.29. The van der Waals surface area contributed by atoms with Gasteiger partial charge in [-0.15, -0.1) is 0 Å². The normalized spacial score (nSPS) is 16.5. The number of hydrogen-bond donors (Lipinski definition) is 1. The van der Waals surface area contributed by atoms with Gasteiger partial charge >= 0.3 is 0 Å². The van der Waals surface area contributed by atoms with Crippen LogP contribution in [0.2, 0.25) is 0 Å². The number of methoxy groups -OCH3 is 1. The maximum absolute atomic E-state index is 12.7. The Morgan fingerprint density at radius 3 is 2.65 bits per heavy atom. The predicted molar refractivity (Wildman–Crippen MR) is 90.2 cm³/mol. The van der Waals surface area contributed by atoms with Crippen molar-refractivity contribution in [1.29, 1.82) is 0 Å². The van der Waals surface area contributed by atoms with E-state index >= 15 is 0 Å². The third-order valence-corrected chi connectivity index (χ3v) is 4.36. The number of amides is 1. The van der Waals surface area contributed by atoms with Crippen LogP contribution in [0, 0.1) is 0 Å². The molecule has 1 aliphatic rings. The van der Waals surface area contributed by atoms with Crippen molar-refractivity contribution in [3.05, 3.63) is 65.2 Å². The van der Waals surface area contributed by atoms with Gasteiger partial charge in [0.25, 0.3) is 0 Å². The molecule has 2 aromatic carbocycles. The van der Waals surface area contributed by atoms with Crippen LogP contribution in [0.5, 0.6) is 5.75 Å². The molecule has 4 nitrogen and oxygen atoms in total. The number of likely N-dealkylation sites (N-methyl/N-ethyl adjacent to an activating group) is 1. The van der Waals surface area contributed by atoms with E-state index in [4.69, 9.17) is 4.74 Å². The summed E-state index contributed by atoms with van der Waals surface area (Å²) in [5.74, 6) is 0.930. The summed E-state index contributed by atoms with van der Waals surface area (Å²) in [5, 5.41) is 3.35. The van der Waals surface area contributed by atoms with Crippen molar-refractivity contribution in [2.24, 2.45) is 0 Å². The van der Waals surface area contributed by atoms with Gasteiger partial charge < -0.3 is 15.0 Å². The Hall–Kier alpha value is -2.33. The zero-order valence-corrected chi connectivity index (χ0v) is 13.6. The topological polar surface area (TPSA) is 41.6 Å². The predicted octanol–water partition coefficient (Wildman–Crippen LogP) is 2.37. The smallest absolute Gasteiger partial charge is 0.240 e. The first kappa shape index (κ1) is 15.6. The third-order valence-electron chi connectivity index (χ3n) is 4.36. The van der Waals surface area contributed by atoms with E-state index in [1.807, 2.05) is 43.4 Å². The van der Waals surface area contributed by atoms with Crippen LogP contribution < -0.4 is 10.1 Å². The van der Waals surface area contributed by atoms with Gasteiger partial charge in [0.2, 0.25) is 5.91 Å². The Kier molecular flexibility index (Phi) is 4.63. The van der Waals surface area contributed by atoms with Crippen LogP contribution >= 0.6 is 0 Å². The van der Waals surface area contributed by atoms with Crippen molar-refractivity contribution in [2.45, 2.75) is 25.6 Å². The molecular formula is C19H22N2O2. The quantitative estimate of drug-likeness (QED) is 0.942. The first-order valence-electron chi connectivity index (χ1n) is 7.86. The number of carbonyl (C=O) groups excluding carboxylic acids is 1. The summed E-state index contributed by atoms with van der Waals surface area (Å²) in [6, 6.07) is 15.9. The molecule has 1 unspecified atom stereocenters. The zero-order chi connectivity index (χ0) is 16.2. The molecule has 23 heavy (non-hydrogen) atoms. The largest absolute Gasteiger partial charge is 0.496 e. The molecule has 1 atom stereocenters. The lowest BCUT2D eigenvalue weighted by atomic mass is 9.95. The van der Waals surface area contributed by atoms with E-state index < -0.39 is 0 Å². The number of rotatable bonds is 4. The van der Waals surface area contributed by atoms with E-state index in [1.54, 1.807) is 12.0 Å². The lowest BCUT2D eigenvalue weighted by Crippen LogP contribution is -2.48. The van der Waals surface area contributed by atoms with Gasteiger partial charge in [0.1, 0.15) is 5.75 Å². The van der Waals surface area contributed by atoms with Crippen molar-refractivity contribution in [3.8, 4) is 5.75 Å². The molecule has 0 saturated carbocycles. The highest BCUT2D eigenvalue weighted by atomic mass is 16.5. The molecule has 4 heteroatoms. The van der Waals surface area contributed by atoms with Crippen LogP contribution in [0.1, 0.15) is 16.7 Å². The Labute approximate surface area is 137 Å². The van der Waals surface area contributed by atoms with Crippen LogP contribution in [0.15, 0.2) is 48.5 Å². The second kappa shape index (κ2) is 6.84. The monoisotopic (exact) mass is 310 g/mol. The molecule has 0 saturated heterocycles. The molecule has 1 amide bonds. The van der Waals surface area contributed by atoms with E-state index in [1.165, 1.54) is 11.1 Å². The van der Waals surface area contributed by atoms with Crippen molar-refractivity contribution in [3.63, 3.8) is 0 Å². The van der Waals surface area contributed by atoms with Gasteiger partial charge in [-0.25, -0.2) is 0 Å². The van der Waals surface area contributed by atoms with Gasteiger partial charge in [-0.1, -0.05) is 42.5 Å². The van der Waals surface area contributed by atoms with E-state index in [2.05, 4.69) is 17.4 Å². The van der Waals surface area contributed by atoms with Crippen LogP contribution in [-0.4, -0.2) is 31.0 Å². The Morgan fingerprint density at radius 2 is 1.87 bits per heavy atom. The fraction of sp³-hybridized carbons (Fsp3) is 0.316. The summed E-state index contributed by atoms with van der Waals surface area (Å²) in [7, 11) is 3.50. The maximum Gasteiger partial charge on any atom is 0.240 e. The SMILES string of the molecule is COc1ccccc1CN(C)C(=O)C1Cc2ccccc2CN1. The minimum absolute atomic E-state index is 0.116. The van der Waals surface area contributed by atoms with Gasteiger partial charge in [0.15, 0.2) is 0 Å². The van der Waals surface area contributed by atoms with E-state index in [0.29, 0.717) is 6.54 Å². The first-order valence-corrected chi connectivity index (χ1v) is 7.86. The second-order valence-electron chi connectivity index (χ2n) is 5.91. The van der Waals surface area contributed by atoms with Crippen LogP contribution in [-0.2, 0) is 24.3 Å². The number of para-hydroxylation sites is 1. The first-order chi connectivity index (χ1) is 11.2. The molecule has 0 fully saturated rings. The van der Waals surface area contributed by atoms with Crippen LogP contribution in [0.25, 0.3) is 0 Å². The van der Waals surface area contributed by atoms with E-state index in [-0.39, 0.29) is 11.9 Å². The molecule has 0 aromatic heterocycles. The molecule has 120 valence electrons. The molecule has 0 radical (unpaired) electrons. The van der Waals surface area contributed by atoms with E-state index in [0.717, 1.165) is 24.3 Å². The number of nitrogens with zero attached hydrogens (tertiary/aromatic N) is 1. The van der Waals surface area contributed by atoms with Gasteiger partial charge in [-0.05, 0) is 23.6 Å². The molecule has 0 spiro atoms. The third kappa shape index (κ3) is 3.37. The Morgan fingerprint density at radius 1 is 1.17 bits per heavy atom. The Balaban J connectivity index is 1.69. The number of benzene rings is 2. The average Bonchev–Trinajstić information content (AvgIpc) is 2.61. The number of ether oxygens (including phenoxy) is 1. The van der Waals surface area contributed by atoms with Gasteiger partial charge in [-0.3, -0.25) is 4.79 Å². The molecule has 3 rings (SSSR count). The van der Waals surface area contributed by atoms with Crippen LogP contribution in [0.4, 0.5) is 0 Å². The lowest BCUT2D eigenvalue weighted by Gasteiger charge is -2.29. The van der Waals surface area contributed by atoms with Gasteiger partial charge in [0.05, 0.1) is 13.2 Å². The summed E-state index contributed by atoms with van der Waals surface area (Å²) < 4.78 is 5.36. The molecule has 0 bridgehead atoms. The maximum atomic E-state index is 12.7. The van der Waals surface area contributed by atoms with Crippen molar-refractivity contribution in [1.82, 2.24) is 10.2 Å². The lowest BCUT2D eigenvalue weighted by molar-refractivity contribution is -0.132. The van der Waals surface area contributed by atoms with E-state index in [9.17, 15) is 4.79 Å². The second-order valence-corrected chi connectivity index (χ2v) is 5.91. The fourth-order valence-electron chi connectivity index (χ4n) is 3.06. The molecule has 0 aliphatic carbocycles.